The van der Waals surface area contributed by atoms with E-state index in [1.807, 2.05) is 66.7 Å². The smallest absolute Gasteiger partial charge is 0.444 e. The van der Waals surface area contributed by atoms with Crippen molar-refractivity contribution in [1.82, 2.24) is 5.32 Å². The SMILES string of the molecule is CC(C)(C)OC(=O)NCC(=Cc1ccc(Cl)c(Br)c1)B1OC(C)(C)C(C)(C)O1. The van der Waals surface area contributed by atoms with Crippen molar-refractivity contribution < 1.29 is 18.8 Å². The second-order valence-electron chi connectivity index (χ2n) is 8.84. The van der Waals surface area contributed by atoms with E-state index in [9.17, 15) is 4.79 Å². The van der Waals surface area contributed by atoms with Crippen molar-refractivity contribution >= 4 is 46.8 Å². The molecule has 1 saturated heterocycles. The number of benzene rings is 1. The van der Waals surface area contributed by atoms with Gasteiger partial charge in [0.2, 0.25) is 0 Å². The van der Waals surface area contributed by atoms with Crippen LogP contribution in [0.15, 0.2) is 28.1 Å². The topological polar surface area (TPSA) is 56.8 Å². The zero-order valence-corrected chi connectivity index (χ0v) is 19.8. The third-order valence-electron chi connectivity index (χ3n) is 4.69. The van der Waals surface area contributed by atoms with Crippen LogP contribution in [0.4, 0.5) is 4.79 Å². The molecular weight excluding hydrogens is 444 g/mol. The Hall–Kier alpha value is -1.02. The summed E-state index contributed by atoms with van der Waals surface area (Å²) >= 11 is 9.53. The van der Waals surface area contributed by atoms with Crippen LogP contribution in [0.1, 0.15) is 54.0 Å². The van der Waals surface area contributed by atoms with E-state index in [-0.39, 0.29) is 6.54 Å². The second-order valence-corrected chi connectivity index (χ2v) is 10.1. The van der Waals surface area contributed by atoms with Crippen molar-refractivity contribution in [2.75, 3.05) is 6.54 Å². The number of hydrogen-bond donors (Lipinski definition) is 1. The Bertz CT molecular complexity index is 758. The van der Waals surface area contributed by atoms with E-state index < -0.39 is 30.0 Å². The second kappa shape index (κ2) is 8.38. The highest BCUT2D eigenvalue weighted by molar-refractivity contribution is 9.10. The number of alkyl carbamates (subject to hydrolysis) is 1. The van der Waals surface area contributed by atoms with Crippen molar-refractivity contribution in [2.24, 2.45) is 0 Å². The average molecular weight is 473 g/mol. The normalized spacial score (nSPS) is 18.9. The summed E-state index contributed by atoms with van der Waals surface area (Å²) in [5.74, 6) is 0. The lowest BCUT2D eigenvalue weighted by Gasteiger charge is -2.32. The molecule has 0 aromatic heterocycles. The summed E-state index contributed by atoms with van der Waals surface area (Å²) in [6, 6.07) is 5.60. The number of amides is 1. The Kier molecular flexibility index (Phi) is 6.97. The monoisotopic (exact) mass is 471 g/mol. The van der Waals surface area contributed by atoms with Crippen molar-refractivity contribution in [2.45, 2.75) is 65.3 Å². The Balaban J connectivity index is 2.27. The van der Waals surface area contributed by atoms with Crippen molar-refractivity contribution in [3.05, 3.63) is 38.7 Å². The van der Waals surface area contributed by atoms with E-state index in [0.717, 1.165) is 15.5 Å². The van der Waals surface area contributed by atoms with Gasteiger partial charge in [-0.3, -0.25) is 0 Å². The summed E-state index contributed by atoms with van der Waals surface area (Å²) in [7, 11) is -0.589. The van der Waals surface area contributed by atoms with Gasteiger partial charge in [-0.1, -0.05) is 23.7 Å². The Morgan fingerprint density at radius 3 is 2.32 bits per heavy atom. The van der Waals surface area contributed by atoms with Gasteiger partial charge in [-0.15, -0.1) is 0 Å². The first-order valence-electron chi connectivity index (χ1n) is 9.18. The molecule has 0 bridgehead atoms. The van der Waals surface area contributed by atoms with Gasteiger partial charge >= 0.3 is 13.2 Å². The molecule has 0 spiro atoms. The molecule has 154 valence electrons. The summed E-state index contributed by atoms with van der Waals surface area (Å²) in [6.45, 7) is 13.7. The highest BCUT2D eigenvalue weighted by atomic mass is 79.9. The minimum Gasteiger partial charge on any atom is -0.444 e. The lowest BCUT2D eigenvalue weighted by Crippen LogP contribution is -2.41. The zero-order chi connectivity index (χ0) is 21.3. The third-order valence-corrected chi connectivity index (χ3v) is 5.90. The third kappa shape index (κ3) is 5.99. The molecule has 2 rings (SSSR count). The molecular formula is C20H28BBrClNO4. The van der Waals surface area contributed by atoms with Crippen molar-refractivity contribution in [1.29, 1.82) is 0 Å². The molecule has 1 aliphatic heterocycles. The molecule has 28 heavy (non-hydrogen) atoms. The predicted octanol–water partition coefficient (Wildman–Crippen LogP) is 5.64. The summed E-state index contributed by atoms with van der Waals surface area (Å²) in [4.78, 5) is 12.1. The van der Waals surface area contributed by atoms with E-state index in [1.165, 1.54) is 0 Å². The first kappa shape index (κ1) is 23.3. The fourth-order valence-corrected chi connectivity index (χ4v) is 3.02. The molecule has 1 heterocycles. The number of hydrogen-bond acceptors (Lipinski definition) is 4. The summed E-state index contributed by atoms with van der Waals surface area (Å²) in [6.07, 6.45) is 1.44. The zero-order valence-electron chi connectivity index (χ0n) is 17.5. The van der Waals surface area contributed by atoms with Crippen LogP contribution >= 0.6 is 27.5 Å². The molecule has 1 aliphatic rings. The van der Waals surface area contributed by atoms with Crippen LogP contribution in [-0.2, 0) is 14.0 Å². The van der Waals surface area contributed by atoms with Crippen LogP contribution in [-0.4, -0.2) is 36.6 Å². The highest BCUT2D eigenvalue weighted by Crippen LogP contribution is 2.39. The number of halogens is 2. The molecule has 0 radical (unpaired) electrons. The minimum atomic E-state index is -0.589. The van der Waals surface area contributed by atoms with Crippen LogP contribution in [0, 0.1) is 0 Å². The van der Waals surface area contributed by atoms with Crippen molar-refractivity contribution in [3.63, 3.8) is 0 Å². The van der Waals surface area contributed by atoms with Crippen LogP contribution in [0.25, 0.3) is 6.08 Å². The van der Waals surface area contributed by atoms with Crippen LogP contribution in [0.3, 0.4) is 0 Å². The number of carbonyl (C=O) groups excluding carboxylic acids is 1. The molecule has 1 fully saturated rings. The van der Waals surface area contributed by atoms with Crippen molar-refractivity contribution in [3.8, 4) is 0 Å². The van der Waals surface area contributed by atoms with Gasteiger partial charge in [0, 0.05) is 11.0 Å². The van der Waals surface area contributed by atoms with Gasteiger partial charge in [0.1, 0.15) is 5.60 Å². The van der Waals surface area contributed by atoms with Gasteiger partial charge in [-0.2, -0.15) is 0 Å². The van der Waals surface area contributed by atoms with Gasteiger partial charge < -0.3 is 19.4 Å². The lowest BCUT2D eigenvalue weighted by atomic mass is 9.77. The number of nitrogens with one attached hydrogen (secondary N) is 1. The fraction of sp³-hybridized carbons (Fsp3) is 0.550. The molecule has 1 N–H and O–H groups in total. The van der Waals surface area contributed by atoms with Gasteiger partial charge in [0.05, 0.1) is 16.2 Å². The first-order valence-corrected chi connectivity index (χ1v) is 10.4. The maximum Gasteiger partial charge on any atom is 0.492 e. The van der Waals surface area contributed by atoms with Gasteiger partial charge in [-0.25, -0.2) is 4.79 Å². The standard InChI is InChI=1S/C20H28BBrClNO4/c1-18(2,3)26-17(25)24-12-14(10-13-8-9-16(23)15(22)11-13)21-27-19(4,5)20(6,7)28-21/h8-11H,12H2,1-7H3,(H,24,25). The molecule has 8 heteroatoms. The van der Waals surface area contributed by atoms with Crippen LogP contribution in [0.5, 0.6) is 0 Å². The van der Waals surface area contributed by atoms with Gasteiger partial charge in [-0.05, 0) is 87.6 Å². The number of rotatable bonds is 4. The number of carbonyl (C=O) groups is 1. The Morgan fingerprint density at radius 1 is 1.25 bits per heavy atom. The van der Waals surface area contributed by atoms with Crippen LogP contribution in [0.2, 0.25) is 5.02 Å². The quantitative estimate of drug-likeness (QED) is 0.576. The molecule has 0 saturated carbocycles. The lowest BCUT2D eigenvalue weighted by molar-refractivity contribution is 0.00578. The largest absolute Gasteiger partial charge is 0.492 e. The summed E-state index contributed by atoms with van der Waals surface area (Å²) < 4.78 is 18.5. The van der Waals surface area contributed by atoms with Gasteiger partial charge in [0.25, 0.3) is 0 Å². The molecule has 1 aromatic rings. The van der Waals surface area contributed by atoms with E-state index in [4.69, 9.17) is 25.6 Å². The highest BCUT2D eigenvalue weighted by Gasteiger charge is 2.52. The van der Waals surface area contributed by atoms with E-state index in [1.54, 1.807) is 6.07 Å². The van der Waals surface area contributed by atoms with E-state index in [2.05, 4.69) is 21.2 Å². The van der Waals surface area contributed by atoms with E-state index >= 15 is 0 Å². The summed E-state index contributed by atoms with van der Waals surface area (Å²) in [5, 5.41) is 3.42. The summed E-state index contributed by atoms with van der Waals surface area (Å²) in [5.41, 5.74) is 0.150. The Morgan fingerprint density at radius 2 is 1.82 bits per heavy atom. The molecule has 1 aromatic carbocycles. The maximum absolute atomic E-state index is 12.1. The fourth-order valence-electron chi connectivity index (χ4n) is 2.50. The molecule has 0 aliphatic carbocycles. The first-order chi connectivity index (χ1) is 12.7. The number of ether oxygens (including phenoxy) is 1. The van der Waals surface area contributed by atoms with E-state index in [0.29, 0.717) is 5.02 Å². The van der Waals surface area contributed by atoms with Gasteiger partial charge in [0.15, 0.2) is 0 Å². The minimum absolute atomic E-state index is 0.228. The molecule has 0 atom stereocenters. The molecule has 0 unspecified atom stereocenters. The Labute approximate surface area is 181 Å². The maximum atomic E-state index is 12.1. The van der Waals surface area contributed by atoms with Crippen LogP contribution < -0.4 is 5.32 Å². The average Bonchev–Trinajstić information content (AvgIpc) is 2.73. The predicted molar refractivity (Wildman–Crippen MR) is 117 cm³/mol. The molecule has 5 nitrogen and oxygen atoms in total. The molecule has 1 amide bonds.